The van der Waals surface area contributed by atoms with Crippen LogP contribution in [0.4, 0.5) is 0 Å². The van der Waals surface area contributed by atoms with Crippen molar-refractivity contribution in [2.24, 2.45) is 5.14 Å². The Morgan fingerprint density at radius 3 is 2.70 bits per heavy atom. The molecule has 8 heteroatoms. The molecule has 0 aliphatic carbocycles. The number of nitrogens with zero attached hydrogens (tertiary/aromatic N) is 2. The van der Waals surface area contributed by atoms with Gasteiger partial charge >= 0.3 is 5.97 Å². The van der Waals surface area contributed by atoms with Crippen molar-refractivity contribution < 1.29 is 17.9 Å². The molecular weight excluding hydrogens is 366 g/mol. The summed E-state index contributed by atoms with van der Waals surface area (Å²) in [5, 5.41) is 14.6. The number of aryl methyl sites for hydroxylation is 1. The number of nitrogens with two attached hydrogens (primary N) is 1. The largest absolute Gasteiger partial charge is 0.457 e. The average molecular weight is 383 g/mol. The molecule has 0 bridgehead atoms. The Morgan fingerprint density at radius 2 is 2.04 bits per heavy atom. The summed E-state index contributed by atoms with van der Waals surface area (Å²) in [7, 11) is -3.96. The summed E-state index contributed by atoms with van der Waals surface area (Å²) >= 11 is 0. The van der Waals surface area contributed by atoms with Gasteiger partial charge in [-0.05, 0) is 49.2 Å². The topological polar surface area (TPSA) is 115 Å². The van der Waals surface area contributed by atoms with Crippen molar-refractivity contribution in [1.82, 2.24) is 4.40 Å². The van der Waals surface area contributed by atoms with Gasteiger partial charge in [-0.25, -0.2) is 18.4 Å². The van der Waals surface area contributed by atoms with E-state index in [0.717, 1.165) is 0 Å². The number of hydrogen-bond donors (Lipinski definition) is 1. The first-order valence-electron chi connectivity index (χ1n) is 8.02. The molecule has 0 atom stereocenters. The zero-order valence-electron chi connectivity index (χ0n) is 14.8. The second-order valence-electron chi connectivity index (χ2n) is 6.17. The number of primary sulfonamides is 1. The molecule has 138 valence electrons. The number of nitriles is 1. The van der Waals surface area contributed by atoms with Crippen LogP contribution >= 0.6 is 0 Å². The summed E-state index contributed by atoms with van der Waals surface area (Å²) in [6.45, 7) is 3.20. The van der Waals surface area contributed by atoms with E-state index < -0.39 is 16.0 Å². The lowest BCUT2D eigenvalue weighted by Gasteiger charge is -2.10. The molecule has 1 aromatic carbocycles. The number of esters is 1. The number of carbonyl (C=O) groups is 1. The molecule has 2 aromatic heterocycles. The van der Waals surface area contributed by atoms with Crippen LogP contribution in [0.5, 0.6) is 0 Å². The predicted molar refractivity (Wildman–Crippen MR) is 98.5 cm³/mol. The molecule has 0 aliphatic heterocycles. The van der Waals surface area contributed by atoms with E-state index in [0.29, 0.717) is 27.8 Å². The lowest BCUT2D eigenvalue weighted by atomic mass is 10.1. The van der Waals surface area contributed by atoms with Gasteiger partial charge in [0, 0.05) is 18.0 Å². The van der Waals surface area contributed by atoms with Crippen molar-refractivity contribution in [3.8, 4) is 6.07 Å². The smallest absolute Gasteiger partial charge is 0.338 e. The number of pyridine rings is 1. The summed E-state index contributed by atoms with van der Waals surface area (Å²) in [5.74, 6) is -0.692. The van der Waals surface area contributed by atoms with Gasteiger partial charge in [-0.1, -0.05) is 6.07 Å². The minimum absolute atomic E-state index is 0.0874. The van der Waals surface area contributed by atoms with E-state index in [2.05, 4.69) is 6.07 Å². The highest BCUT2D eigenvalue weighted by Gasteiger charge is 2.19. The molecule has 0 spiro atoms. The molecule has 3 aromatic rings. The molecule has 0 unspecified atom stereocenters. The Hall–Kier alpha value is -3.15. The van der Waals surface area contributed by atoms with Crippen molar-refractivity contribution in [2.45, 2.75) is 25.3 Å². The fourth-order valence-electron chi connectivity index (χ4n) is 2.88. The zero-order valence-corrected chi connectivity index (χ0v) is 15.6. The van der Waals surface area contributed by atoms with Gasteiger partial charge in [0.05, 0.1) is 21.5 Å². The highest BCUT2D eigenvalue weighted by molar-refractivity contribution is 7.89. The van der Waals surface area contributed by atoms with Gasteiger partial charge in [-0.2, -0.15) is 5.26 Å². The number of carbonyl (C=O) groups excluding carboxylic acids is 1. The van der Waals surface area contributed by atoms with Gasteiger partial charge in [-0.15, -0.1) is 0 Å². The molecule has 2 N–H and O–H groups in total. The quantitative estimate of drug-likeness (QED) is 0.695. The summed E-state index contributed by atoms with van der Waals surface area (Å²) < 4.78 is 30.5. The van der Waals surface area contributed by atoms with Gasteiger partial charge in [0.25, 0.3) is 0 Å². The molecule has 0 aliphatic rings. The fraction of sp³-hybridized carbons (Fsp3) is 0.158. The maximum atomic E-state index is 12.4. The molecule has 0 fully saturated rings. The molecule has 0 amide bonds. The van der Waals surface area contributed by atoms with Crippen molar-refractivity contribution >= 4 is 21.5 Å². The number of ether oxygens (including phenoxy) is 1. The van der Waals surface area contributed by atoms with Crippen molar-refractivity contribution in [3.63, 3.8) is 0 Å². The molecule has 0 saturated heterocycles. The standard InChI is InChI=1S/C19H17N3O4S/c1-12-7-14(8-18(13(12)2)27(21,24)25)19(23)26-11-15-10-22-6-4-3-5-17(22)16(15)9-20/h3-8,10H,11H2,1-2H3,(H2,21,24,25). The third kappa shape index (κ3) is 3.56. The number of aromatic nitrogens is 1. The zero-order chi connectivity index (χ0) is 19.8. The Labute approximate surface area is 156 Å². The lowest BCUT2D eigenvalue weighted by molar-refractivity contribution is 0.0472. The number of fused-ring (bicyclic) bond motifs is 1. The second kappa shape index (κ2) is 6.87. The van der Waals surface area contributed by atoms with E-state index in [9.17, 15) is 18.5 Å². The fourth-order valence-corrected chi connectivity index (χ4v) is 3.76. The number of rotatable bonds is 4. The van der Waals surface area contributed by atoms with Crippen molar-refractivity contribution in [3.05, 3.63) is 70.5 Å². The van der Waals surface area contributed by atoms with E-state index in [-0.39, 0.29) is 17.1 Å². The lowest BCUT2D eigenvalue weighted by Crippen LogP contribution is -2.16. The Balaban J connectivity index is 1.89. The molecule has 0 saturated carbocycles. The van der Waals surface area contributed by atoms with Crippen LogP contribution < -0.4 is 5.14 Å². The predicted octanol–water partition coefficient (Wildman–Crippen LogP) is 2.43. The first-order valence-corrected chi connectivity index (χ1v) is 9.57. The van der Waals surface area contributed by atoms with E-state index >= 15 is 0 Å². The van der Waals surface area contributed by atoms with E-state index in [4.69, 9.17) is 9.88 Å². The van der Waals surface area contributed by atoms with E-state index in [1.54, 1.807) is 42.8 Å². The maximum absolute atomic E-state index is 12.4. The third-order valence-corrected chi connectivity index (χ3v) is 5.43. The first kappa shape index (κ1) is 18.6. The Bertz CT molecular complexity index is 1200. The van der Waals surface area contributed by atoms with Gasteiger partial charge in [0.15, 0.2) is 0 Å². The van der Waals surface area contributed by atoms with Gasteiger partial charge in [-0.3, -0.25) is 0 Å². The maximum Gasteiger partial charge on any atom is 0.338 e. The van der Waals surface area contributed by atoms with Gasteiger partial charge in [0.1, 0.15) is 12.7 Å². The SMILES string of the molecule is Cc1cc(C(=O)OCc2cn3ccccc3c2C#N)cc(S(N)(=O)=O)c1C. The van der Waals surface area contributed by atoms with Crippen LogP contribution in [0.1, 0.15) is 32.6 Å². The minimum Gasteiger partial charge on any atom is -0.457 e. The van der Waals surface area contributed by atoms with Crippen LogP contribution in [0.25, 0.3) is 5.52 Å². The Kier molecular flexibility index (Phi) is 4.74. The number of benzene rings is 1. The highest BCUT2D eigenvalue weighted by atomic mass is 32.2. The molecule has 7 nitrogen and oxygen atoms in total. The molecular formula is C19H17N3O4S. The normalized spacial score (nSPS) is 11.3. The molecule has 2 heterocycles. The van der Waals surface area contributed by atoms with Crippen LogP contribution in [0, 0.1) is 25.2 Å². The van der Waals surface area contributed by atoms with Crippen molar-refractivity contribution in [2.75, 3.05) is 0 Å². The minimum atomic E-state index is -3.96. The van der Waals surface area contributed by atoms with E-state index in [1.807, 2.05) is 12.1 Å². The monoisotopic (exact) mass is 383 g/mol. The van der Waals surface area contributed by atoms with Gasteiger partial charge in [0.2, 0.25) is 10.0 Å². The van der Waals surface area contributed by atoms with Crippen LogP contribution in [0.2, 0.25) is 0 Å². The van der Waals surface area contributed by atoms with Gasteiger partial charge < -0.3 is 9.14 Å². The van der Waals surface area contributed by atoms with Crippen LogP contribution in [0.3, 0.4) is 0 Å². The number of sulfonamides is 1. The third-order valence-electron chi connectivity index (χ3n) is 4.39. The van der Waals surface area contributed by atoms with Crippen LogP contribution in [0.15, 0.2) is 47.6 Å². The Morgan fingerprint density at radius 1 is 1.30 bits per heavy atom. The summed E-state index contributed by atoms with van der Waals surface area (Å²) in [4.78, 5) is 12.3. The summed E-state index contributed by atoms with van der Waals surface area (Å²) in [5.41, 5.74) is 2.89. The average Bonchev–Trinajstić information content (AvgIpc) is 2.98. The second-order valence-corrected chi connectivity index (χ2v) is 7.70. The molecule has 3 rings (SSSR count). The first-order chi connectivity index (χ1) is 12.7. The van der Waals surface area contributed by atoms with Crippen LogP contribution in [-0.4, -0.2) is 18.8 Å². The summed E-state index contributed by atoms with van der Waals surface area (Å²) in [6, 6.07) is 10.3. The van der Waals surface area contributed by atoms with Crippen LogP contribution in [-0.2, 0) is 21.4 Å². The van der Waals surface area contributed by atoms with E-state index in [1.165, 1.54) is 6.07 Å². The molecule has 27 heavy (non-hydrogen) atoms. The highest BCUT2D eigenvalue weighted by Crippen LogP contribution is 2.22. The summed E-state index contributed by atoms with van der Waals surface area (Å²) in [6.07, 6.45) is 3.51. The number of hydrogen-bond acceptors (Lipinski definition) is 5. The molecule has 0 radical (unpaired) electrons. The van der Waals surface area contributed by atoms with Crippen molar-refractivity contribution in [1.29, 1.82) is 5.26 Å².